The lowest BCUT2D eigenvalue weighted by molar-refractivity contribution is 0.0593. The van der Waals surface area contributed by atoms with Crippen LogP contribution in [0.4, 0.5) is 5.69 Å². The van der Waals surface area contributed by atoms with E-state index in [-0.39, 0.29) is 16.9 Å². The summed E-state index contributed by atoms with van der Waals surface area (Å²) in [4.78, 5) is 20.2. The summed E-state index contributed by atoms with van der Waals surface area (Å²) in [6.45, 7) is 2.03. The Morgan fingerprint density at radius 2 is 2.11 bits per heavy atom. The van der Waals surface area contributed by atoms with Crippen LogP contribution in [0.1, 0.15) is 21.6 Å². The molecule has 0 spiro atoms. The summed E-state index contributed by atoms with van der Waals surface area (Å²) in [5.41, 5.74) is 10.9. The van der Waals surface area contributed by atoms with Gasteiger partial charge in [0.1, 0.15) is 11.9 Å². The number of ether oxygens (including phenoxy) is 1. The summed E-state index contributed by atoms with van der Waals surface area (Å²) < 4.78 is 6.40. The van der Waals surface area contributed by atoms with Crippen LogP contribution >= 0.6 is 0 Å². The first kappa shape index (κ1) is 17.4. The molecule has 0 saturated heterocycles. The number of nitriles is 1. The minimum Gasteiger partial charge on any atom is -0.464 e. The number of esters is 1. The molecule has 0 bridgehead atoms. The van der Waals surface area contributed by atoms with Crippen molar-refractivity contribution in [2.24, 2.45) is 0 Å². The molecule has 0 radical (unpaired) electrons. The van der Waals surface area contributed by atoms with Gasteiger partial charge in [-0.05, 0) is 36.8 Å². The predicted octanol–water partition coefficient (Wildman–Crippen LogP) is 3.57. The lowest BCUT2D eigenvalue weighted by atomic mass is 10.2. The average Bonchev–Trinajstić information content (AvgIpc) is 3.28. The molecule has 4 rings (SSSR count). The van der Waals surface area contributed by atoms with Crippen LogP contribution in [0, 0.1) is 18.3 Å². The Bertz CT molecular complexity index is 1260. The largest absolute Gasteiger partial charge is 0.464 e. The summed E-state index contributed by atoms with van der Waals surface area (Å²) in [7, 11) is 1.28. The van der Waals surface area contributed by atoms with Crippen molar-refractivity contribution in [3.05, 3.63) is 65.5 Å². The van der Waals surface area contributed by atoms with Crippen LogP contribution in [0.15, 0.2) is 48.7 Å². The van der Waals surface area contributed by atoms with E-state index in [0.717, 1.165) is 22.2 Å². The number of aryl methyl sites for hydroxylation is 1. The highest BCUT2D eigenvalue weighted by atomic mass is 16.5. The second kappa shape index (κ2) is 6.59. The number of nitrogens with two attached hydrogens (primary N) is 1. The van der Waals surface area contributed by atoms with E-state index < -0.39 is 5.97 Å². The van der Waals surface area contributed by atoms with Crippen molar-refractivity contribution in [3.8, 4) is 23.1 Å². The monoisotopic (exact) mass is 371 g/mol. The van der Waals surface area contributed by atoms with Gasteiger partial charge in [-0.25, -0.2) is 9.78 Å². The molecule has 3 N–H and O–H groups in total. The highest BCUT2D eigenvalue weighted by Gasteiger charge is 2.22. The van der Waals surface area contributed by atoms with Gasteiger partial charge in [-0.3, -0.25) is 0 Å². The zero-order valence-electron chi connectivity index (χ0n) is 15.4. The number of H-pyrrole nitrogens is 1. The van der Waals surface area contributed by atoms with Crippen molar-refractivity contribution < 1.29 is 9.53 Å². The van der Waals surface area contributed by atoms with Gasteiger partial charge in [0.25, 0.3) is 0 Å². The van der Waals surface area contributed by atoms with E-state index in [1.165, 1.54) is 13.3 Å². The maximum atomic E-state index is 12.2. The topological polar surface area (TPSA) is 110 Å². The molecule has 0 aliphatic carbocycles. The van der Waals surface area contributed by atoms with E-state index in [0.29, 0.717) is 11.5 Å². The summed E-state index contributed by atoms with van der Waals surface area (Å²) >= 11 is 0. The molecular weight excluding hydrogens is 354 g/mol. The van der Waals surface area contributed by atoms with Gasteiger partial charge in [-0.2, -0.15) is 5.26 Å². The molecule has 2 heterocycles. The van der Waals surface area contributed by atoms with Gasteiger partial charge < -0.3 is 20.0 Å². The molecule has 0 aliphatic heterocycles. The standard InChI is InChI=1S/C21H17N5O2/c1-12-6-7-16-17(8-12)25-20(24-16)13-4-3-5-15(9-13)26-11-14(10-22)18(23)19(26)21(27)28-2/h3-9,11H,23H2,1-2H3,(H,24,25). The summed E-state index contributed by atoms with van der Waals surface area (Å²) in [6, 6.07) is 15.5. The van der Waals surface area contributed by atoms with Crippen molar-refractivity contribution in [1.29, 1.82) is 5.26 Å². The molecule has 7 nitrogen and oxygen atoms in total. The molecule has 4 aromatic rings. The normalized spacial score (nSPS) is 10.8. The number of carbonyl (C=O) groups is 1. The van der Waals surface area contributed by atoms with Crippen LogP contribution in [-0.2, 0) is 4.74 Å². The second-order valence-electron chi connectivity index (χ2n) is 6.43. The summed E-state index contributed by atoms with van der Waals surface area (Å²) in [5.74, 6) is 0.103. The third-order valence-corrected chi connectivity index (χ3v) is 4.58. The number of aromatic nitrogens is 3. The van der Waals surface area contributed by atoms with Gasteiger partial charge in [0.15, 0.2) is 5.69 Å². The summed E-state index contributed by atoms with van der Waals surface area (Å²) in [6.07, 6.45) is 1.53. The van der Waals surface area contributed by atoms with E-state index >= 15 is 0 Å². The van der Waals surface area contributed by atoms with Crippen LogP contribution in [0.25, 0.3) is 28.1 Å². The number of methoxy groups -OCH3 is 1. The van der Waals surface area contributed by atoms with Gasteiger partial charge in [0.05, 0.1) is 29.4 Å². The molecule has 0 atom stereocenters. The van der Waals surface area contributed by atoms with Crippen molar-refractivity contribution in [2.45, 2.75) is 6.92 Å². The molecule has 2 aromatic heterocycles. The van der Waals surface area contributed by atoms with Gasteiger partial charge in [-0.15, -0.1) is 0 Å². The Hall–Kier alpha value is -4.05. The number of hydrogen-bond donors (Lipinski definition) is 2. The minimum absolute atomic E-state index is 0.0963. The van der Waals surface area contributed by atoms with E-state index in [1.54, 1.807) is 4.57 Å². The first-order valence-electron chi connectivity index (χ1n) is 8.58. The molecular formula is C21H17N5O2. The van der Waals surface area contributed by atoms with Crippen LogP contribution in [-0.4, -0.2) is 27.6 Å². The van der Waals surface area contributed by atoms with Gasteiger partial charge in [0, 0.05) is 17.4 Å². The van der Waals surface area contributed by atoms with E-state index in [4.69, 9.17) is 10.5 Å². The number of hydrogen-bond acceptors (Lipinski definition) is 5. The first-order chi connectivity index (χ1) is 13.5. The SMILES string of the molecule is COC(=O)c1c(N)c(C#N)cn1-c1cccc(-c2nc3ccc(C)cc3[nH]2)c1. The predicted molar refractivity (Wildman–Crippen MR) is 106 cm³/mol. The van der Waals surface area contributed by atoms with Gasteiger partial charge in [0.2, 0.25) is 0 Å². The van der Waals surface area contributed by atoms with Crippen LogP contribution in [0.5, 0.6) is 0 Å². The number of nitrogens with zero attached hydrogens (tertiary/aromatic N) is 3. The number of imidazole rings is 1. The van der Waals surface area contributed by atoms with Gasteiger partial charge in [-0.1, -0.05) is 18.2 Å². The van der Waals surface area contributed by atoms with Crippen molar-refractivity contribution in [2.75, 3.05) is 12.8 Å². The highest BCUT2D eigenvalue weighted by Crippen LogP contribution is 2.28. The Morgan fingerprint density at radius 3 is 2.86 bits per heavy atom. The molecule has 0 aliphatic rings. The Balaban J connectivity index is 1.85. The molecule has 28 heavy (non-hydrogen) atoms. The lowest BCUT2D eigenvalue weighted by Crippen LogP contribution is -2.11. The number of anilines is 1. The fourth-order valence-electron chi connectivity index (χ4n) is 3.18. The zero-order chi connectivity index (χ0) is 19.8. The van der Waals surface area contributed by atoms with Crippen molar-refractivity contribution in [3.63, 3.8) is 0 Å². The average molecular weight is 371 g/mol. The number of carbonyl (C=O) groups excluding carboxylic acids is 1. The van der Waals surface area contributed by atoms with Crippen molar-refractivity contribution >= 4 is 22.7 Å². The maximum absolute atomic E-state index is 12.2. The van der Waals surface area contributed by atoms with Crippen molar-refractivity contribution in [1.82, 2.24) is 14.5 Å². The Morgan fingerprint density at radius 1 is 1.29 bits per heavy atom. The fourth-order valence-corrected chi connectivity index (χ4v) is 3.18. The number of nitrogens with one attached hydrogen (secondary N) is 1. The number of nitrogen functional groups attached to an aromatic ring is 1. The van der Waals surface area contributed by atoms with E-state index in [2.05, 4.69) is 9.97 Å². The lowest BCUT2D eigenvalue weighted by Gasteiger charge is -2.09. The number of aromatic amines is 1. The van der Waals surface area contributed by atoms with Crippen LogP contribution in [0.2, 0.25) is 0 Å². The minimum atomic E-state index is -0.608. The van der Waals surface area contributed by atoms with E-state index in [9.17, 15) is 10.1 Å². The fraction of sp³-hybridized carbons (Fsp3) is 0.0952. The maximum Gasteiger partial charge on any atom is 0.357 e. The number of benzene rings is 2. The van der Waals surface area contributed by atoms with E-state index in [1.807, 2.05) is 55.5 Å². The van der Waals surface area contributed by atoms with Gasteiger partial charge >= 0.3 is 5.97 Å². The highest BCUT2D eigenvalue weighted by molar-refractivity contribution is 5.96. The van der Waals surface area contributed by atoms with Crippen LogP contribution in [0.3, 0.4) is 0 Å². The smallest absolute Gasteiger partial charge is 0.357 e. The Labute approximate surface area is 161 Å². The third-order valence-electron chi connectivity index (χ3n) is 4.58. The molecule has 0 unspecified atom stereocenters. The number of rotatable bonds is 3. The molecule has 0 fully saturated rings. The quantitative estimate of drug-likeness (QED) is 0.535. The molecule has 7 heteroatoms. The molecule has 138 valence electrons. The number of fused-ring (bicyclic) bond motifs is 1. The second-order valence-corrected chi connectivity index (χ2v) is 6.43. The third kappa shape index (κ3) is 2.77. The first-order valence-corrected chi connectivity index (χ1v) is 8.58. The molecule has 2 aromatic carbocycles. The Kier molecular flexibility index (Phi) is 4.09. The molecule has 0 amide bonds. The van der Waals surface area contributed by atoms with Crippen LogP contribution < -0.4 is 5.73 Å². The zero-order valence-corrected chi connectivity index (χ0v) is 15.4. The molecule has 0 saturated carbocycles. The summed E-state index contributed by atoms with van der Waals surface area (Å²) in [5, 5.41) is 9.28.